The molecular formula is C12H26O3P-. The quantitative estimate of drug-likeness (QED) is 0.414. The van der Waals surface area contributed by atoms with Crippen LogP contribution in [0.3, 0.4) is 0 Å². The second-order valence-corrected chi connectivity index (χ2v) is 6.22. The highest BCUT2D eigenvalue weighted by atomic mass is 31.2. The Kier molecular flexibility index (Phi) is 10.4. The van der Waals surface area contributed by atoms with Crippen molar-refractivity contribution in [3.05, 3.63) is 0 Å². The van der Waals surface area contributed by atoms with E-state index in [-0.39, 0.29) is 6.16 Å². The first kappa shape index (κ1) is 16.1. The molecule has 0 aliphatic heterocycles. The zero-order chi connectivity index (χ0) is 12.3. The first-order valence-corrected chi connectivity index (χ1v) is 8.29. The van der Waals surface area contributed by atoms with Gasteiger partial charge in [-0.2, -0.15) is 0 Å². The van der Waals surface area contributed by atoms with Crippen molar-refractivity contribution in [1.29, 1.82) is 0 Å². The van der Waals surface area contributed by atoms with Crippen LogP contribution >= 0.6 is 7.60 Å². The van der Waals surface area contributed by atoms with Gasteiger partial charge in [0.1, 0.15) is 7.60 Å². The molecule has 1 atom stereocenters. The van der Waals surface area contributed by atoms with Crippen LogP contribution in [0.15, 0.2) is 0 Å². The Morgan fingerprint density at radius 1 is 0.938 bits per heavy atom. The first-order valence-electron chi connectivity index (χ1n) is 6.57. The monoisotopic (exact) mass is 249 g/mol. The lowest BCUT2D eigenvalue weighted by Gasteiger charge is -2.22. The third-order valence-corrected chi connectivity index (χ3v) is 4.01. The van der Waals surface area contributed by atoms with Crippen molar-refractivity contribution in [3.63, 3.8) is 0 Å². The fourth-order valence-electron chi connectivity index (χ4n) is 1.50. The van der Waals surface area contributed by atoms with Gasteiger partial charge in [-0.05, 0) is 12.8 Å². The van der Waals surface area contributed by atoms with Crippen LogP contribution in [0.4, 0.5) is 0 Å². The number of hydrogen-bond donors (Lipinski definition) is 0. The topological polar surface area (TPSA) is 49.4 Å². The van der Waals surface area contributed by atoms with Crippen molar-refractivity contribution in [2.24, 2.45) is 0 Å². The molecule has 0 amide bonds. The van der Waals surface area contributed by atoms with Crippen molar-refractivity contribution in [2.75, 3.05) is 12.8 Å². The SMILES string of the molecule is CCCCCCCCOP(=O)([O-])CCCC. The lowest BCUT2D eigenvalue weighted by atomic mass is 10.1. The molecule has 0 bridgehead atoms. The standard InChI is InChI=1S/C12H27O3P/c1-3-5-7-8-9-10-11-15-16(13,14)12-6-4-2/h3-12H2,1-2H3,(H,13,14)/p-1. The summed E-state index contributed by atoms with van der Waals surface area (Å²) in [7, 11) is -3.52. The molecule has 0 N–H and O–H groups in total. The Morgan fingerprint density at radius 2 is 1.50 bits per heavy atom. The smallest absolute Gasteiger partial charge is 0.134 e. The van der Waals surface area contributed by atoms with Gasteiger partial charge in [-0.25, -0.2) is 0 Å². The summed E-state index contributed by atoms with van der Waals surface area (Å²) >= 11 is 0. The van der Waals surface area contributed by atoms with Crippen LogP contribution < -0.4 is 4.89 Å². The van der Waals surface area contributed by atoms with Crippen molar-refractivity contribution in [2.45, 2.75) is 65.2 Å². The van der Waals surface area contributed by atoms with E-state index in [4.69, 9.17) is 4.52 Å². The average molecular weight is 249 g/mol. The van der Waals surface area contributed by atoms with E-state index < -0.39 is 7.60 Å². The summed E-state index contributed by atoms with van der Waals surface area (Å²) in [5, 5.41) is 0. The molecule has 0 aromatic carbocycles. The summed E-state index contributed by atoms with van der Waals surface area (Å²) in [4.78, 5) is 11.3. The van der Waals surface area contributed by atoms with E-state index in [2.05, 4.69) is 6.92 Å². The summed E-state index contributed by atoms with van der Waals surface area (Å²) < 4.78 is 16.3. The van der Waals surface area contributed by atoms with Crippen LogP contribution in [0, 0.1) is 0 Å². The number of unbranched alkanes of at least 4 members (excludes halogenated alkanes) is 6. The lowest BCUT2D eigenvalue weighted by molar-refractivity contribution is -0.198. The van der Waals surface area contributed by atoms with Crippen molar-refractivity contribution in [1.82, 2.24) is 0 Å². The van der Waals surface area contributed by atoms with Crippen molar-refractivity contribution in [3.8, 4) is 0 Å². The van der Waals surface area contributed by atoms with Gasteiger partial charge in [0.15, 0.2) is 0 Å². The van der Waals surface area contributed by atoms with Crippen LogP contribution in [-0.2, 0) is 9.09 Å². The fraction of sp³-hybridized carbons (Fsp3) is 1.00. The van der Waals surface area contributed by atoms with Gasteiger partial charge in [0.2, 0.25) is 0 Å². The highest BCUT2D eigenvalue weighted by Gasteiger charge is 2.06. The summed E-state index contributed by atoms with van der Waals surface area (Å²) in [6, 6.07) is 0. The molecular weight excluding hydrogens is 223 g/mol. The lowest BCUT2D eigenvalue weighted by Crippen LogP contribution is -2.09. The molecule has 0 rings (SSSR count). The van der Waals surface area contributed by atoms with E-state index in [1.54, 1.807) is 0 Å². The second kappa shape index (κ2) is 10.3. The fourth-order valence-corrected chi connectivity index (χ4v) is 2.74. The summed E-state index contributed by atoms with van der Waals surface area (Å²) in [6.45, 7) is 4.54. The van der Waals surface area contributed by atoms with Gasteiger partial charge in [-0.1, -0.05) is 52.4 Å². The first-order chi connectivity index (χ1) is 7.62. The van der Waals surface area contributed by atoms with E-state index >= 15 is 0 Å². The maximum Gasteiger partial charge on any atom is 0.134 e. The maximum atomic E-state index is 11.3. The number of hydrogen-bond acceptors (Lipinski definition) is 3. The minimum Gasteiger partial charge on any atom is -0.778 e. The normalized spacial score (nSPS) is 14.9. The van der Waals surface area contributed by atoms with Crippen LogP contribution in [0.25, 0.3) is 0 Å². The second-order valence-electron chi connectivity index (χ2n) is 4.29. The van der Waals surface area contributed by atoms with E-state index in [1.165, 1.54) is 25.7 Å². The molecule has 3 nitrogen and oxygen atoms in total. The molecule has 0 spiro atoms. The van der Waals surface area contributed by atoms with Gasteiger partial charge < -0.3 is 14.0 Å². The Bertz CT molecular complexity index is 195. The summed E-state index contributed by atoms with van der Waals surface area (Å²) in [5.41, 5.74) is 0. The molecule has 0 heterocycles. The molecule has 0 fully saturated rings. The van der Waals surface area contributed by atoms with Gasteiger partial charge in [0, 0.05) is 6.16 Å². The highest BCUT2D eigenvalue weighted by Crippen LogP contribution is 2.37. The van der Waals surface area contributed by atoms with E-state index in [0.717, 1.165) is 19.3 Å². The van der Waals surface area contributed by atoms with Gasteiger partial charge in [0.05, 0.1) is 6.61 Å². The molecule has 0 aliphatic carbocycles. The molecule has 0 aliphatic rings. The molecule has 16 heavy (non-hydrogen) atoms. The third-order valence-electron chi connectivity index (χ3n) is 2.57. The largest absolute Gasteiger partial charge is 0.778 e. The average Bonchev–Trinajstić information content (AvgIpc) is 2.25. The minimum atomic E-state index is -3.52. The number of rotatable bonds is 11. The van der Waals surface area contributed by atoms with Gasteiger partial charge in [0.25, 0.3) is 0 Å². The molecule has 0 saturated carbocycles. The Morgan fingerprint density at radius 3 is 2.12 bits per heavy atom. The molecule has 0 aromatic rings. The summed E-state index contributed by atoms with van der Waals surface area (Å²) in [5.74, 6) is 0. The van der Waals surface area contributed by atoms with Crippen LogP contribution in [0.1, 0.15) is 65.2 Å². The van der Waals surface area contributed by atoms with Crippen LogP contribution in [-0.4, -0.2) is 12.8 Å². The molecule has 0 saturated heterocycles. The molecule has 1 unspecified atom stereocenters. The highest BCUT2D eigenvalue weighted by molar-refractivity contribution is 7.51. The third kappa shape index (κ3) is 10.7. The van der Waals surface area contributed by atoms with Gasteiger partial charge >= 0.3 is 0 Å². The summed E-state index contributed by atoms with van der Waals surface area (Å²) in [6.07, 6.45) is 8.69. The zero-order valence-corrected chi connectivity index (χ0v) is 11.6. The van der Waals surface area contributed by atoms with E-state index in [9.17, 15) is 9.46 Å². The predicted octanol–water partition coefficient (Wildman–Crippen LogP) is 3.72. The van der Waals surface area contributed by atoms with Gasteiger partial charge in [-0.3, -0.25) is 0 Å². The van der Waals surface area contributed by atoms with Crippen molar-refractivity contribution >= 4 is 7.60 Å². The predicted molar refractivity (Wildman–Crippen MR) is 66.7 cm³/mol. The maximum absolute atomic E-state index is 11.3. The minimum absolute atomic E-state index is 0.194. The molecule has 0 aromatic heterocycles. The van der Waals surface area contributed by atoms with E-state index in [0.29, 0.717) is 13.0 Å². The van der Waals surface area contributed by atoms with Gasteiger partial charge in [-0.15, -0.1) is 0 Å². The van der Waals surface area contributed by atoms with Crippen LogP contribution in [0.2, 0.25) is 0 Å². The molecule has 0 radical (unpaired) electrons. The van der Waals surface area contributed by atoms with E-state index in [1.807, 2.05) is 6.92 Å². The van der Waals surface area contributed by atoms with Crippen LogP contribution in [0.5, 0.6) is 0 Å². The Labute approximate surface area is 100 Å². The molecule has 4 heteroatoms. The molecule has 98 valence electrons. The zero-order valence-electron chi connectivity index (χ0n) is 10.7. The Balaban J connectivity index is 3.32. The van der Waals surface area contributed by atoms with Crippen molar-refractivity contribution < 1.29 is 14.0 Å². The Hall–Kier alpha value is 0.150.